The van der Waals surface area contributed by atoms with Crippen LogP contribution in [0.2, 0.25) is 5.28 Å². The highest BCUT2D eigenvalue weighted by molar-refractivity contribution is 6.28. The Labute approximate surface area is 157 Å². The fourth-order valence-electron chi connectivity index (χ4n) is 2.82. The van der Waals surface area contributed by atoms with Gasteiger partial charge in [-0.3, -0.25) is 14.3 Å². The highest BCUT2D eigenvalue weighted by Gasteiger charge is 2.12. The molecule has 0 atom stereocenters. The van der Waals surface area contributed by atoms with Crippen molar-refractivity contribution in [3.63, 3.8) is 0 Å². The average molecular weight is 387 g/mol. The Morgan fingerprint density at radius 2 is 1.93 bits per heavy atom. The van der Waals surface area contributed by atoms with E-state index in [1.165, 1.54) is 0 Å². The molecule has 3 aromatic heterocycles. The third-order valence-corrected chi connectivity index (χ3v) is 4.27. The molecule has 9 nitrogen and oxygen atoms in total. The standard InChI is InChI=1S/C17H15ClN6O3/c18-16-20-13-14(21-16)22-17(26)24(15(13)25)8-4-7-12-19-11(23-27-12)9-10-5-2-1-3-6-10/h1-3,5-6H,4,7-9H2,(H,20,21)(H,22,26). The number of aromatic amines is 2. The molecular weight excluding hydrogens is 372 g/mol. The van der Waals surface area contributed by atoms with Gasteiger partial charge in [0.15, 0.2) is 17.0 Å². The monoisotopic (exact) mass is 386 g/mol. The average Bonchev–Trinajstić information content (AvgIpc) is 3.24. The van der Waals surface area contributed by atoms with Gasteiger partial charge in [-0.2, -0.15) is 9.97 Å². The lowest BCUT2D eigenvalue weighted by atomic mass is 10.1. The molecule has 3 heterocycles. The van der Waals surface area contributed by atoms with E-state index in [1.54, 1.807) is 0 Å². The van der Waals surface area contributed by atoms with Gasteiger partial charge in [-0.15, -0.1) is 0 Å². The van der Waals surface area contributed by atoms with Crippen molar-refractivity contribution in [3.8, 4) is 0 Å². The lowest BCUT2D eigenvalue weighted by Gasteiger charge is -2.02. The van der Waals surface area contributed by atoms with Crippen LogP contribution in [-0.4, -0.2) is 29.7 Å². The molecule has 0 bridgehead atoms. The molecule has 27 heavy (non-hydrogen) atoms. The third-order valence-electron chi connectivity index (χ3n) is 4.09. The summed E-state index contributed by atoms with van der Waals surface area (Å²) in [6.45, 7) is 0.206. The van der Waals surface area contributed by atoms with Crippen LogP contribution in [0.3, 0.4) is 0 Å². The molecule has 10 heteroatoms. The summed E-state index contributed by atoms with van der Waals surface area (Å²) in [4.78, 5) is 37.8. The molecule has 0 spiro atoms. The molecule has 4 aromatic rings. The SMILES string of the molecule is O=c1[nH]c2nc(Cl)[nH]c2c(=O)n1CCCc1nc(Cc2ccccc2)no1. The van der Waals surface area contributed by atoms with Gasteiger partial charge in [-0.1, -0.05) is 35.5 Å². The van der Waals surface area contributed by atoms with Crippen LogP contribution in [0.5, 0.6) is 0 Å². The first-order valence-electron chi connectivity index (χ1n) is 8.34. The number of nitrogens with one attached hydrogen (secondary N) is 2. The van der Waals surface area contributed by atoms with Crippen molar-refractivity contribution in [1.82, 2.24) is 29.7 Å². The predicted molar refractivity (Wildman–Crippen MR) is 97.9 cm³/mol. The van der Waals surface area contributed by atoms with Crippen molar-refractivity contribution in [2.24, 2.45) is 0 Å². The lowest BCUT2D eigenvalue weighted by Crippen LogP contribution is -2.35. The predicted octanol–water partition coefficient (Wildman–Crippen LogP) is 1.67. The summed E-state index contributed by atoms with van der Waals surface area (Å²) in [6, 6.07) is 9.84. The number of aryl methyl sites for hydroxylation is 1. The Morgan fingerprint density at radius 1 is 1.11 bits per heavy atom. The quantitative estimate of drug-likeness (QED) is 0.486. The zero-order chi connectivity index (χ0) is 18.8. The van der Waals surface area contributed by atoms with E-state index >= 15 is 0 Å². The minimum absolute atomic E-state index is 0.0484. The number of hydrogen-bond donors (Lipinski definition) is 2. The largest absolute Gasteiger partial charge is 0.339 e. The van der Waals surface area contributed by atoms with E-state index in [-0.39, 0.29) is 23.0 Å². The molecule has 0 fully saturated rings. The minimum Gasteiger partial charge on any atom is -0.339 e. The summed E-state index contributed by atoms with van der Waals surface area (Å²) in [5.41, 5.74) is 0.403. The molecule has 1 aromatic carbocycles. The molecule has 138 valence electrons. The van der Waals surface area contributed by atoms with Gasteiger partial charge in [0.1, 0.15) is 0 Å². The number of rotatable bonds is 6. The summed E-state index contributed by atoms with van der Waals surface area (Å²) in [5.74, 6) is 1.07. The molecule has 0 amide bonds. The van der Waals surface area contributed by atoms with Crippen LogP contribution >= 0.6 is 11.6 Å². The number of imidazole rings is 1. The molecule has 0 saturated heterocycles. The first-order chi connectivity index (χ1) is 13.1. The van der Waals surface area contributed by atoms with Crippen molar-refractivity contribution < 1.29 is 4.52 Å². The van der Waals surface area contributed by atoms with E-state index in [0.29, 0.717) is 31.0 Å². The van der Waals surface area contributed by atoms with Crippen molar-refractivity contribution in [3.05, 3.63) is 73.7 Å². The maximum absolute atomic E-state index is 12.4. The number of H-pyrrole nitrogens is 2. The van der Waals surface area contributed by atoms with Crippen molar-refractivity contribution in [1.29, 1.82) is 0 Å². The zero-order valence-corrected chi connectivity index (χ0v) is 14.9. The van der Waals surface area contributed by atoms with Gasteiger partial charge in [-0.05, 0) is 23.6 Å². The van der Waals surface area contributed by atoms with Crippen molar-refractivity contribution in [2.45, 2.75) is 25.8 Å². The molecule has 0 aliphatic heterocycles. The van der Waals surface area contributed by atoms with E-state index < -0.39 is 11.2 Å². The van der Waals surface area contributed by atoms with Crippen LogP contribution in [-0.2, 0) is 19.4 Å². The molecule has 4 rings (SSSR count). The third kappa shape index (κ3) is 3.68. The first kappa shape index (κ1) is 17.2. The number of aromatic nitrogens is 6. The maximum atomic E-state index is 12.4. The molecule has 0 aliphatic carbocycles. The van der Waals surface area contributed by atoms with E-state index in [2.05, 4.69) is 25.1 Å². The smallest absolute Gasteiger partial charge is 0.330 e. The summed E-state index contributed by atoms with van der Waals surface area (Å²) in [6.07, 6.45) is 1.53. The van der Waals surface area contributed by atoms with Crippen molar-refractivity contribution >= 4 is 22.8 Å². The normalized spacial score (nSPS) is 11.3. The summed E-state index contributed by atoms with van der Waals surface area (Å²) in [7, 11) is 0. The van der Waals surface area contributed by atoms with Crippen LogP contribution in [0.15, 0.2) is 44.4 Å². The summed E-state index contributed by atoms with van der Waals surface area (Å²) in [5, 5.41) is 4.01. The zero-order valence-electron chi connectivity index (χ0n) is 14.1. The Hall–Kier alpha value is -3.20. The Morgan fingerprint density at radius 3 is 2.74 bits per heavy atom. The van der Waals surface area contributed by atoms with Gasteiger partial charge in [-0.25, -0.2) is 4.79 Å². The van der Waals surface area contributed by atoms with Crippen LogP contribution < -0.4 is 11.2 Å². The van der Waals surface area contributed by atoms with Crippen LogP contribution in [0.4, 0.5) is 0 Å². The van der Waals surface area contributed by atoms with Gasteiger partial charge < -0.3 is 9.51 Å². The van der Waals surface area contributed by atoms with Gasteiger partial charge in [0.05, 0.1) is 0 Å². The van der Waals surface area contributed by atoms with Gasteiger partial charge >= 0.3 is 5.69 Å². The Kier molecular flexibility index (Phi) is 4.59. The van der Waals surface area contributed by atoms with E-state index in [4.69, 9.17) is 16.1 Å². The highest BCUT2D eigenvalue weighted by atomic mass is 35.5. The van der Waals surface area contributed by atoms with E-state index in [9.17, 15) is 9.59 Å². The van der Waals surface area contributed by atoms with E-state index in [1.807, 2.05) is 30.3 Å². The van der Waals surface area contributed by atoms with Gasteiger partial charge in [0.2, 0.25) is 11.2 Å². The highest BCUT2D eigenvalue weighted by Crippen LogP contribution is 2.09. The topological polar surface area (TPSA) is 122 Å². The van der Waals surface area contributed by atoms with E-state index in [0.717, 1.165) is 10.1 Å². The second-order valence-electron chi connectivity index (χ2n) is 6.01. The molecule has 0 saturated carbocycles. The fraction of sp³-hybridized carbons (Fsp3) is 0.235. The second kappa shape index (κ2) is 7.20. The molecule has 0 radical (unpaired) electrons. The minimum atomic E-state index is -0.536. The molecule has 0 unspecified atom stereocenters. The number of benzene rings is 1. The number of hydrogen-bond acceptors (Lipinski definition) is 6. The number of fused-ring (bicyclic) bond motifs is 1. The maximum Gasteiger partial charge on any atom is 0.330 e. The molecule has 2 N–H and O–H groups in total. The lowest BCUT2D eigenvalue weighted by molar-refractivity contribution is 0.367. The molecular formula is C17H15ClN6O3. The van der Waals surface area contributed by atoms with Crippen LogP contribution in [0.25, 0.3) is 11.2 Å². The number of nitrogens with zero attached hydrogens (tertiary/aromatic N) is 4. The van der Waals surface area contributed by atoms with Crippen LogP contribution in [0.1, 0.15) is 23.7 Å². The Balaban J connectivity index is 1.42. The van der Waals surface area contributed by atoms with Gasteiger partial charge in [0, 0.05) is 19.4 Å². The fourth-order valence-corrected chi connectivity index (χ4v) is 3.00. The van der Waals surface area contributed by atoms with Crippen molar-refractivity contribution in [2.75, 3.05) is 0 Å². The van der Waals surface area contributed by atoms with Crippen LogP contribution in [0, 0.1) is 0 Å². The Bertz CT molecular complexity index is 1190. The number of halogens is 1. The van der Waals surface area contributed by atoms with Gasteiger partial charge in [0.25, 0.3) is 5.56 Å². The summed E-state index contributed by atoms with van der Waals surface area (Å²) < 4.78 is 6.34. The second-order valence-corrected chi connectivity index (χ2v) is 6.37. The summed E-state index contributed by atoms with van der Waals surface area (Å²) >= 11 is 5.74. The molecule has 0 aliphatic rings. The first-order valence-corrected chi connectivity index (χ1v) is 8.71.